The van der Waals surface area contributed by atoms with Gasteiger partial charge in [-0.05, 0) is 36.8 Å². The van der Waals surface area contributed by atoms with E-state index in [0.717, 1.165) is 13.1 Å². The lowest BCUT2D eigenvalue weighted by molar-refractivity contribution is -0.134. The van der Waals surface area contributed by atoms with Gasteiger partial charge in [-0.2, -0.15) is 0 Å². The first-order chi connectivity index (χ1) is 14.0. The second kappa shape index (κ2) is 9.32. The van der Waals surface area contributed by atoms with Crippen LogP contribution < -0.4 is 19.7 Å². The van der Waals surface area contributed by atoms with E-state index in [-0.39, 0.29) is 18.2 Å². The number of piperazine rings is 1. The summed E-state index contributed by atoms with van der Waals surface area (Å²) < 4.78 is 10.4. The van der Waals surface area contributed by atoms with Crippen LogP contribution in [0, 0.1) is 6.92 Å². The molecule has 1 heterocycles. The Morgan fingerprint density at radius 1 is 0.966 bits per heavy atom. The van der Waals surface area contributed by atoms with Crippen molar-refractivity contribution in [3.05, 3.63) is 48.0 Å². The Hall–Kier alpha value is -3.22. The highest BCUT2D eigenvalue weighted by Gasteiger charge is 2.23. The molecule has 0 saturated carbocycles. The van der Waals surface area contributed by atoms with Gasteiger partial charge in [0.05, 0.1) is 14.2 Å². The highest BCUT2D eigenvalue weighted by molar-refractivity contribution is 6.03. The molecule has 2 aromatic carbocycles. The molecule has 29 heavy (non-hydrogen) atoms. The molecule has 0 bridgehead atoms. The Balaban J connectivity index is 1.51. The third kappa shape index (κ3) is 5.19. The van der Waals surface area contributed by atoms with Gasteiger partial charge in [0.15, 0.2) is 11.5 Å². The Kier molecular flexibility index (Phi) is 6.59. The number of hydrogen-bond donors (Lipinski definition) is 1. The van der Waals surface area contributed by atoms with Crippen molar-refractivity contribution in [2.45, 2.75) is 13.3 Å². The molecule has 0 aromatic heterocycles. The smallest absolute Gasteiger partial charge is 0.233 e. The van der Waals surface area contributed by atoms with Crippen molar-refractivity contribution < 1.29 is 19.1 Å². The van der Waals surface area contributed by atoms with E-state index in [4.69, 9.17) is 9.47 Å². The van der Waals surface area contributed by atoms with Crippen LogP contribution in [0.1, 0.15) is 12.0 Å². The molecule has 1 fully saturated rings. The molecule has 0 spiro atoms. The van der Waals surface area contributed by atoms with Crippen LogP contribution in [0.15, 0.2) is 42.5 Å². The van der Waals surface area contributed by atoms with Gasteiger partial charge in [0, 0.05) is 43.6 Å². The number of rotatable bonds is 6. The summed E-state index contributed by atoms with van der Waals surface area (Å²) in [4.78, 5) is 28.8. The first kappa shape index (κ1) is 20.5. The van der Waals surface area contributed by atoms with Gasteiger partial charge < -0.3 is 24.6 Å². The number of aryl methyl sites for hydroxylation is 1. The van der Waals surface area contributed by atoms with Crippen molar-refractivity contribution in [1.29, 1.82) is 0 Å². The molecule has 1 N–H and O–H groups in total. The van der Waals surface area contributed by atoms with Crippen LogP contribution in [0.25, 0.3) is 0 Å². The van der Waals surface area contributed by atoms with Gasteiger partial charge in [0.1, 0.15) is 6.42 Å². The summed E-state index contributed by atoms with van der Waals surface area (Å²) >= 11 is 0. The van der Waals surface area contributed by atoms with E-state index in [1.165, 1.54) is 18.4 Å². The Labute approximate surface area is 171 Å². The van der Waals surface area contributed by atoms with Crippen LogP contribution in [-0.2, 0) is 9.59 Å². The summed E-state index contributed by atoms with van der Waals surface area (Å²) in [5.74, 6) is 0.590. The van der Waals surface area contributed by atoms with Crippen molar-refractivity contribution in [2.75, 3.05) is 50.6 Å². The number of ether oxygens (including phenoxy) is 2. The quantitative estimate of drug-likeness (QED) is 0.759. The molecule has 0 atom stereocenters. The lowest BCUT2D eigenvalue weighted by atomic mass is 10.2. The maximum Gasteiger partial charge on any atom is 0.233 e. The molecule has 7 heteroatoms. The summed E-state index contributed by atoms with van der Waals surface area (Å²) in [6.45, 7) is 4.80. The highest BCUT2D eigenvalue weighted by atomic mass is 16.5. The predicted octanol–water partition coefficient (Wildman–Crippen LogP) is 2.69. The van der Waals surface area contributed by atoms with Crippen LogP contribution in [0.5, 0.6) is 11.5 Å². The normalized spacial score (nSPS) is 13.8. The molecule has 2 amide bonds. The Morgan fingerprint density at radius 2 is 1.69 bits per heavy atom. The second-order valence-electron chi connectivity index (χ2n) is 7.00. The van der Waals surface area contributed by atoms with E-state index in [9.17, 15) is 9.59 Å². The van der Waals surface area contributed by atoms with Crippen molar-refractivity contribution in [2.24, 2.45) is 0 Å². The van der Waals surface area contributed by atoms with E-state index in [1.807, 2.05) is 6.07 Å². The zero-order chi connectivity index (χ0) is 20.8. The van der Waals surface area contributed by atoms with Crippen LogP contribution in [0.3, 0.4) is 0 Å². The number of hydrogen-bond acceptors (Lipinski definition) is 5. The zero-order valence-corrected chi connectivity index (χ0v) is 17.1. The molecule has 1 aliphatic rings. The van der Waals surface area contributed by atoms with E-state index in [0.29, 0.717) is 30.3 Å². The maximum absolute atomic E-state index is 12.5. The maximum atomic E-state index is 12.5. The van der Waals surface area contributed by atoms with Gasteiger partial charge >= 0.3 is 0 Å². The summed E-state index contributed by atoms with van der Waals surface area (Å²) in [5, 5.41) is 2.75. The summed E-state index contributed by atoms with van der Waals surface area (Å²) in [6.07, 6.45) is -0.182. The minimum Gasteiger partial charge on any atom is -0.493 e. The number of carbonyl (C=O) groups excluding carboxylic acids is 2. The van der Waals surface area contributed by atoms with Crippen LogP contribution >= 0.6 is 0 Å². The summed E-state index contributed by atoms with van der Waals surface area (Å²) in [7, 11) is 3.08. The van der Waals surface area contributed by atoms with Gasteiger partial charge in [-0.25, -0.2) is 0 Å². The number of nitrogens with zero attached hydrogens (tertiary/aromatic N) is 2. The molecule has 2 aromatic rings. The van der Waals surface area contributed by atoms with Gasteiger partial charge in [-0.1, -0.05) is 12.1 Å². The largest absolute Gasteiger partial charge is 0.493 e. The molecule has 154 valence electrons. The lowest BCUT2D eigenvalue weighted by Gasteiger charge is -2.36. The Bertz CT molecular complexity index is 876. The number of benzene rings is 2. The third-order valence-electron chi connectivity index (χ3n) is 4.98. The minimum atomic E-state index is -0.344. The van der Waals surface area contributed by atoms with Gasteiger partial charge in [-0.15, -0.1) is 0 Å². The zero-order valence-electron chi connectivity index (χ0n) is 17.1. The second-order valence-corrected chi connectivity index (χ2v) is 7.00. The summed E-state index contributed by atoms with van der Waals surface area (Å²) in [5.41, 5.74) is 2.95. The molecule has 0 unspecified atom stereocenters. The molecule has 1 saturated heterocycles. The van der Waals surface area contributed by atoms with Crippen molar-refractivity contribution >= 4 is 23.2 Å². The van der Waals surface area contributed by atoms with Crippen molar-refractivity contribution in [3.63, 3.8) is 0 Å². The monoisotopic (exact) mass is 397 g/mol. The fourth-order valence-corrected chi connectivity index (χ4v) is 3.41. The van der Waals surface area contributed by atoms with E-state index in [2.05, 4.69) is 35.3 Å². The summed E-state index contributed by atoms with van der Waals surface area (Å²) in [6, 6.07) is 13.4. The molecular formula is C22H27N3O4. The predicted molar refractivity (Wildman–Crippen MR) is 113 cm³/mol. The van der Waals surface area contributed by atoms with Crippen LogP contribution in [0.2, 0.25) is 0 Å². The topological polar surface area (TPSA) is 71.1 Å². The molecule has 1 aliphatic heterocycles. The Morgan fingerprint density at radius 3 is 2.34 bits per heavy atom. The van der Waals surface area contributed by atoms with Crippen LogP contribution in [0.4, 0.5) is 11.4 Å². The number of anilines is 2. The number of amides is 2. The third-order valence-corrected chi connectivity index (χ3v) is 4.98. The van der Waals surface area contributed by atoms with Gasteiger partial charge in [0.25, 0.3) is 0 Å². The lowest BCUT2D eigenvalue weighted by Crippen LogP contribution is -2.49. The van der Waals surface area contributed by atoms with E-state index in [1.54, 1.807) is 30.2 Å². The number of nitrogens with one attached hydrogen (secondary N) is 1. The van der Waals surface area contributed by atoms with Crippen molar-refractivity contribution in [3.8, 4) is 11.5 Å². The van der Waals surface area contributed by atoms with Crippen LogP contribution in [-0.4, -0.2) is 57.1 Å². The molecule has 0 aliphatic carbocycles. The van der Waals surface area contributed by atoms with Gasteiger partial charge in [0.2, 0.25) is 11.8 Å². The highest BCUT2D eigenvalue weighted by Crippen LogP contribution is 2.29. The van der Waals surface area contributed by atoms with E-state index >= 15 is 0 Å². The molecule has 3 rings (SSSR count). The fraction of sp³-hybridized carbons (Fsp3) is 0.364. The average Bonchev–Trinajstić information content (AvgIpc) is 2.73. The SMILES string of the molecule is COc1ccc(NC(=O)CC(=O)N2CCN(c3cccc(C)c3)CC2)cc1OC. The fourth-order valence-electron chi connectivity index (χ4n) is 3.41. The standard InChI is InChI=1S/C22H27N3O4/c1-16-5-4-6-18(13-16)24-9-11-25(12-10-24)22(27)15-21(26)23-17-7-8-19(28-2)20(14-17)29-3/h4-8,13-14H,9-12,15H2,1-3H3,(H,23,26). The molecular weight excluding hydrogens is 370 g/mol. The first-order valence-electron chi connectivity index (χ1n) is 9.61. The van der Waals surface area contributed by atoms with E-state index < -0.39 is 0 Å². The number of methoxy groups -OCH3 is 2. The van der Waals surface area contributed by atoms with Gasteiger partial charge in [-0.3, -0.25) is 9.59 Å². The minimum absolute atomic E-state index is 0.160. The first-order valence-corrected chi connectivity index (χ1v) is 9.61. The molecule has 7 nitrogen and oxygen atoms in total. The average molecular weight is 397 g/mol. The molecule has 0 radical (unpaired) electrons. The number of carbonyl (C=O) groups is 2. The van der Waals surface area contributed by atoms with Crippen molar-refractivity contribution in [1.82, 2.24) is 4.90 Å².